The van der Waals surface area contributed by atoms with Gasteiger partial charge in [-0.2, -0.15) is 0 Å². The molecule has 1 rings (SSSR count). The summed E-state index contributed by atoms with van der Waals surface area (Å²) in [6.07, 6.45) is 74.2. The third-order valence-electron chi connectivity index (χ3n) is 14.1. The first-order chi connectivity index (χ1) is 40.7. The Labute approximate surface area is 504 Å². The molecule has 1 aliphatic rings. The topological polar surface area (TPSA) is 175 Å². The average Bonchev–Trinajstić information content (AvgIpc) is 3.69. The van der Waals surface area contributed by atoms with Crippen LogP contribution in [0.25, 0.3) is 0 Å². The van der Waals surface area contributed by atoms with Crippen molar-refractivity contribution in [1.82, 2.24) is 5.32 Å². The van der Waals surface area contributed by atoms with Crippen LogP contribution < -0.4 is 5.32 Å². The SMILES string of the molecule is CC\C=C/C=C/C=C/C=C\C=C\C=C\CCCCCC(=O)OC1C(OCC(NC(=O)C(O)CCCCCCCCC/C=C\C/C=C\C/C=C\C/C=C\C/C=C\C/C=C\CC)C(O)/C=C/CCCCCCCCCCC)OC(CO)C(O)C1O. The Bertz CT molecular complexity index is 1950. The van der Waals surface area contributed by atoms with E-state index in [-0.39, 0.29) is 19.4 Å². The first kappa shape index (κ1) is 76.3. The van der Waals surface area contributed by atoms with Crippen molar-refractivity contribution in [3.05, 3.63) is 158 Å². The van der Waals surface area contributed by atoms with Gasteiger partial charge in [-0.25, -0.2) is 0 Å². The van der Waals surface area contributed by atoms with Gasteiger partial charge in [0.05, 0.1) is 25.4 Å². The predicted molar refractivity (Wildman–Crippen MR) is 347 cm³/mol. The second-order valence-electron chi connectivity index (χ2n) is 21.5. The summed E-state index contributed by atoms with van der Waals surface area (Å²) in [5, 5.41) is 57.0. The maximum atomic E-state index is 13.5. The summed E-state index contributed by atoms with van der Waals surface area (Å²) < 4.78 is 17.6. The van der Waals surface area contributed by atoms with Gasteiger partial charge in [-0.15, -0.1) is 0 Å². The molecular weight excluding hydrogens is 1040 g/mol. The van der Waals surface area contributed by atoms with E-state index in [1.807, 2.05) is 66.8 Å². The number of aliphatic hydroxyl groups is 5. The molecule has 0 aromatic rings. The zero-order chi connectivity index (χ0) is 60.3. The summed E-state index contributed by atoms with van der Waals surface area (Å²) in [5.74, 6) is -1.26. The van der Waals surface area contributed by atoms with Crippen molar-refractivity contribution in [2.45, 2.75) is 269 Å². The molecular formula is C72H115NO10. The van der Waals surface area contributed by atoms with E-state index in [9.17, 15) is 35.1 Å². The van der Waals surface area contributed by atoms with Crippen LogP contribution in [0.2, 0.25) is 0 Å². The second kappa shape index (κ2) is 57.7. The minimum atomic E-state index is -1.65. The van der Waals surface area contributed by atoms with Crippen molar-refractivity contribution < 1.29 is 49.3 Å². The molecule has 0 aliphatic carbocycles. The van der Waals surface area contributed by atoms with Crippen LogP contribution in [-0.2, 0) is 23.8 Å². The summed E-state index contributed by atoms with van der Waals surface area (Å²) >= 11 is 0. The Morgan fingerprint density at radius 2 is 0.928 bits per heavy atom. The molecule has 11 nitrogen and oxygen atoms in total. The maximum Gasteiger partial charge on any atom is 0.306 e. The standard InChI is InChI=1S/C72H115NO10/c1-4-7-10-13-16-19-22-24-26-28-29-30-31-32-33-34-35-36-38-39-41-44-47-50-53-56-59-65(76)71(80)73-63(64(75)58-55-52-49-46-43-21-18-15-12-9-6-3)62-81-72-70(69(79)68(78)66(61-74)82-72)83-67(77)60-57-54-51-48-45-42-40-37-27-25-23-20-17-14-11-8-5-2/h7-8,10-11,14,16-17,19-20,23-27,29-30,32-33,35-37,40,42,45,55,58,63-66,68-70,72,74-76,78-79H,4-6,9,12-13,15,18,21-22,28,31,34,38-39,41,43-44,46-54,56-57,59-62H2,1-3H3,(H,73,80)/b10-7-,11-8-,17-14+,19-16-,23-20+,26-24-,27-25-,30-29-,33-32-,36-35-,40-37+,45-42+,58-55+. The van der Waals surface area contributed by atoms with E-state index < -0.39 is 67.4 Å². The lowest BCUT2D eigenvalue weighted by atomic mass is 9.99. The molecule has 1 aliphatic heterocycles. The van der Waals surface area contributed by atoms with Gasteiger partial charge in [0.2, 0.25) is 5.91 Å². The molecule has 468 valence electrons. The maximum absolute atomic E-state index is 13.5. The molecule has 0 spiro atoms. The van der Waals surface area contributed by atoms with Gasteiger partial charge in [0.1, 0.15) is 24.4 Å². The molecule has 0 saturated carbocycles. The minimum Gasteiger partial charge on any atom is -0.454 e. The molecule has 1 saturated heterocycles. The summed E-state index contributed by atoms with van der Waals surface area (Å²) in [7, 11) is 0. The highest BCUT2D eigenvalue weighted by molar-refractivity contribution is 5.80. The molecule has 83 heavy (non-hydrogen) atoms. The van der Waals surface area contributed by atoms with Crippen molar-refractivity contribution in [2.24, 2.45) is 0 Å². The van der Waals surface area contributed by atoms with E-state index in [0.717, 1.165) is 135 Å². The van der Waals surface area contributed by atoms with Crippen molar-refractivity contribution in [1.29, 1.82) is 0 Å². The van der Waals surface area contributed by atoms with Crippen LogP contribution >= 0.6 is 0 Å². The zero-order valence-electron chi connectivity index (χ0n) is 51.7. The van der Waals surface area contributed by atoms with Crippen molar-refractivity contribution >= 4 is 11.9 Å². The van der Waals surface area contributed by atoms with Gasteiger partial charge in [0.25, 0.3) is 0 Å². The highest BCUT2D eigenvalue weighted by Gasteiger charge is 2.47. The van der Waals surface area contributed by atoms with Crippen LogP contribution in [0.3, 0.4) is 0 Å². The summed E-state index contributed by atoms with van der Waals surface area (Å²) in [5.41, 5.74) is 0. The summed E-state index contributed by atoms with van der Waals surface area (Å²) in [6, 6.07) is -1.05. The van der Waals surface area contributed by atoms with E-state index in [1.54, 1.807) is 6.08 Å². The van der Waals surface area contributed by atoms with Gasteiger partial charge >= 0.3 is 5.97 Å². The lowest BCUT2D eigenvalue weighted by Crippen LogP contribution is -2.61. The van der Waals surface area contributed by atoms with Gasteiger partial charge in [0, 0.05) is 6.42 Å². The number of rotatable bonds is 52. The van der Waals surface area contributed by atoms with Crippen LogP contribution in [0.1, 0.15) is 220 Å². The Morgan fingerprint density at radius 1 is 0.494 bits per heavy atom. The van der Waals surface area contributed by atoms with Crippen LogP contribution in [0.4, 0.5) is 0 Å². The second-order valence-corrected chi connectivity index (χ2v) is 21.5. The number of esters is 1. The predicted octanol–water partition coefficient (Wildman–Crippen LogP) is 15.9. The van der Waals surface area contributed by atoms with Crippen LogP contribution in [-0.4, -0.2) is 99.6 Å². The minimum absolute atomic E-state index is 0.0617. The van der Waals surface area contributed by atoms with Gasteiger partial charge in [0.15, 0.2) is 12.4 Å². The fourth-order valence-electron chi connectivity index (χ4n) is 9.04. The van der Waals surface area contributed by atoms with E-state index in [4.69, 9.17) is 14.2 Å². The Balaban J connectivity index is 2.65. The molecule has 6 N–H and O–H groups in total. The molecule has 0 bridgehead atoms. The third kappa shape index (κ3) is 45.3. The van der Waals surface area contributed by atoms with E-state index in [0.29, 0.717) is 12.8 Å². The Hall–Kier alpha value is -4.72. The number of unbranched alkanes of at least 4 members (excludes halogenated alkanes) is 19. The van der Waals surface area contributed by atoms with Crippen LogP contribution in [0, 0.1) is 0 Å². The smallest absolute Gasteiger partial charge is 0.306 e. The van der Waals surface area contributed by atoms with E-state index >= 15 is 0 Å². The van der Waals surface area contributed by atoms with Gasteiger partial charge < -0.3 is 45.1 Å². The fraction of sp³-hybridized carbons (Fsp3) is 0.611. The number of nitrogens with one attached hydrogen (secondary N) is 1. The first-order valence-electron chi connectivity index (χ1n) is 32.3. The number of ether oxygens (including phenoxy) is 3. The van der Waals surface area contributed by atoms with E-state index in [1.165, 1.54) is 38.5 Å². The molecule has 1 fully saturated rings. The molecule has 8 atom stereocenters. The number of amides is 1. The molecule has 1 amide bonds. The molecule has 0 aromatic heterocycles. The third-order valence-corrected chi connectivity index (χ3v) is 14.1. The molecule has 0 radical (unpaired) electrons. The Morgan fingerprint density at radius 3 is 1.45 bits per heavy atom. The number of carbonyl (C=O) groups is 2. The molecule has 1 heterocycles. The largest absolute Gasteiger partial charge is 0.454 e. The molecule has 11 heteroatoms. The van der Waals surface area contributed by atoms with Crippen LogP contribution in [0.5, 0.6) is 0 Å². The number of hydrogen-bond acceptors (Lipinski definition) is 10. The Kier molecular flexibility index (Phi) is 53.0. The number of carbonyl (C=O) groups excluding carboxylic acids is 2. The summed E-state index contributed by atoms with van der Waals surface area (Å²) in [6.45, 7) is 5.47. The van der Waals surface area contributed by atoms with Crippen LogP contribution in [0.15, 0.2) is 158 Å². The number of hydrogen-bond donors (Lipinski definition) is 6. The molecule has 0 aromatic carbocycles. The van der Waals surface area contributed by atoms with E-state index in [2.05, 4.69) is 111 Å². The van der Waals surface area contributed by atoms with Crippen molar-refractivity contribution in [3.63, 3.8) is 0 Å². The zero-order valence-corrected chi connectivity index (χ0v) is 51.7. The quantitative estimate of drug-likeness (QED) is 0.0149. The lowest BCUT2D eigenvalue weighted by molar-refractivity contribution is -0.305. The van der Waals surface area contributed by atoms with Gasteiger partial charge in [-0.1, -0.05) is 275 Å². The van der Waals surface area contributed by atoms with Gasteiger partial charge in [-0.3, -0.25) is 9.59 Å². The number of aliphatic hydroxyl groups excluding tert-OH is 5. The first-order valence-corrected chi connectivity index (χ1v) is 32.3. The normalized spacial score (nSPS) is 19.6. The van der Waals surface area contributed by atoms with Gasteiger partial charge in [-0.05, 0) is 96.3 Å². The number of allylic oxidation sites excluding steroid dienone is 25. The summed E-state index contributed by atoms with van der Waals surface area (Å²) in [4.78, 5) is 26.6. The van der Waals surface area contributed by atoms with Crippen molar-refractivity contribution in [3.8, 4) is 0 Å². The molecule has 8 unspecified atom stereocenters. The fourth-order valence-corrected chi connectivity index (χ4v) is 9.04. The van der Waals surface area contributed by atoms with Crippen molar-refractivity contribution in [2.75, 3.05) is 13.2 Å². The monoisotopic (exact) mass is 1150 g/mol. The average molecular weight is 1150 g/mol. The highest BCUT2D eigenvalue weighted by Crippen LogP contribution is 2.26. The lowest BCUT2D eigenvalue weighted by Gasteiger charge is -2.41. The highest BCUT2D eigenvalue weighted by atomic mass is 16.7.